The molecule has 12 aliphatic rings. The summed E-state index contributed by atoms with van der Waals surface area (Å²) >= 11 is 0. The molecule has 0 atom stereocenters. The highest BCUT2D eigenvalue weighted by Crippen LogP contribution is 2.56. The predicted molar refractivity (Wildman–Crippen MR) is 487 cm³/mol. The van der Waals surface area contributed by atoms with E-state index in [1.165, 1.54) is 22.3 Å². The number of sulfone groups is 1. The number of hydrogen-bond donors (Lipinski definition) is 6. The van der Waals surface area contributed by atoms with Crippen LogP contribution in [0.1, 0.15) is 209 Å². The van der Waals surface area contributed by atoms with Crippen LogP contribution in [0.5, 0.6) is 0 Å². The molecule has 5 saturated heterocycles. The van der Waals surface area contributed by atoms with Gasteiger partial charge in [-0.3, -0.25) is 33.8 Å². The number of nitrogens with zero attached hydrogens (tertiary/aromatic N) is 13. The third-order valence-corrected chi connectivity index (χ3v) is 33.8. The van der Waals surface area contributed by atoms with Crippen LogP contribution in [-0.2, 0) is 56.0 Å². The molecule has 694 valence electrons. The topological polar surface area (TPSA) is 393 Å². The largest absolute Gasteiger partial charge is 0.388 e. The SMILES string of the molecule is CCCN1C(=O)N(CC(=O)N2CCS(=O)(=O)CC2)CC12CCC(NC)(c1ccccc1)CC2.CN(C)C1(c2ccccc2)CCC2(CC1)CN(CC(=O)CCC(N)=O)C(=O)N2CC1(C#N)CCC1.CN(C)C1(c2ccccc2)CCC2(CC1)CN(CC(N)=O)C(=O)N2CC1(C#N)CCC1.CNC1(c2ccccc2)CCC2(CC1)CN(CC(N)=O)C(=O)N2CC1(O)CCC1. The van der Waals surface area contributed by atoms with Crippen molar-refractivity contribution in [2.24, 2.45) is 28.0 Å². The third-order valence-electron chi connectivity index (χ3n) is 32.2. The molecule has 0 aromatic heterocycles. The number of carbonyl (C=O) groups excluding carboxylic acids is 9. The number of ketones is 1. The second-order valence-corrected chi connectivity index (χ2v) is 42.2. The first kappa shape index (κ1) is 95.8. The van der Waals surface area contributed by atoms with Crippen molar-refractivity contribution < 1.29 is 56.7 Å². The summed E-state index contributed by atoms with van der Waals surface area (Å²) in [6.07, 6.45) is 22.6. The van der Waals surface area contributed by atoms with Crippen LogP contribution in [0.25, 0.3) is 0 Å². The highest BCUT2D eigenvalue weighted by Gasteiger charge is 2.62. The number of Topliss-reactive ketones (excluding diaryl/α,β-unsaturated/α-hetero) is 1. The van der Waals surface area contributed by atoms with Crippen molar-refractivity contribution in [3.05, 3.63) is 144 Å². The Labute approximate surface area is 756 Å². The first-order valence-corrected chi connectivity index (χ1v) is 48.4. The average molecular weight is 1780 g/mol. The van der Waals surface area contributed by atoms with Crippen molar-refractivity contribution in [2.75, 3.05) is 145 Å². The molecule has 4 aromatic carbocycles. The fourth-order valence-electron chi connectivity index (χ4n) is 23.5. The van der Waals surface area contributed by atoms with Gasteiger partial charge in [-0.15, -0.1) is 0 Å². The zero-order chi connectivity index (χ0) is 91.9. The van der Waals surface area contributed by atoms with E-state index in [0.717, 1.165) is 167 Å². The number of urea groups is 4. The highest BCUT2D eigenvalue weighted by atomic mass is 32.2. The molecule has 31 heteroatoms. The number of benzene rings is 4. The van der Waals surface area contributed by atoms with E-state index in [0.29, 0.717) is 52.4 Å². The van der Waals surface area contributed by atoms with E-state index in [1.807, 2.05) is 58.0 Å². The summed E-state index contributed by atoms with van der Waals surface area (Å²) in [5.41, 5.74) is 17.7. The first-order chi connectivity index (χ1) is 61.0. The van der Waals surface area contributed by atoms with Crippen LogP contribution in [-0.4, -0.2) is 294 Å². The lowest BCUT2D eigenvalue weighted by molar-refractivity contribution is -0.131. The number of nitriles is 2. The zero-order valence-corrected chi connectivity index (χ0v) is 77.4. The van der Waals surface area contributed by atoms with Crippen LogP contribution >= 0.6 is 0 Å². The molecule has 7 aliphatic carbocycles. The average Bonchev–Trinajstić information content (AvgIpc) is 1.55. The lowest BCUT2D eigenvalue weighted by Gasteiger charge is -2.52. The Morgan fingerprint density at radius 2 is 0.742 bits per heavy atom. The smallest absolute Gasteiger partial charge is 0.321 e. The quantitative estimate of drug-likeness (QED) is 0.0324. The van der Waals surface area contributed by atoms with Crippen LogP contribution in [0.3, 0.4) is 0 Å². The maximum Gasteiger partial charge on any atom is 0.321 e. The molecule has 128 heavy (non-hydrogen) atoms. The van der Waals surface area contributed by atoms with Gasteiger partial charge in [0, 0.05) is 93.9 Å². The van der Waals surface area contributed by atoms with Gasteiger partial charge in [0.15, 0.2) is 15.6 Å². The number of amides is 12. The van der Waals surface area contributed by atoms with Crippen LogP contribution < -0.4 is 27.8 Å². The molecule has 16 rings (SSSR count). The van der Waals surface area contributed by atoms with Gasteiger partial charge in [-0.25, -0.2) is 27.6 Å². The molecule has 12 amide bonds. The van der Waals surface area contributed by atoms with Crippen LogP contribution in [0, 0.1) is 33.5 Å². The van der Waals surface area contributed by atoms with Gasteiger partial charge in [0.2, 0.25) is 23.6 Å². The van der Waals surface area contributed by atoms with Gasteiger partial charge in [-0.05, 0) is 219 Å². The number of nitrogens with two attached hydrogens (primary N) is 3. The van der Waals surface area contributed by atoms with Crippen molar-refractivity contribution in [2.45, 2.75) is 237 Å². The number of aliphatic hydroxyl groups is 1. The van der Waals surface area contributed by atoms with E-state index in [2.05, 4.69) is 165 Å². The molecular weight excluding hydrogens is 1640 g/mol. The monoisotopic (exact) mass is 1780 g/mol. The maximum atomic E-state index is 13.6. The summed E-state index contributed by atoms with van der Waals surface area (Å²) in [6.45, 7) is 6.35. The molecule has 0 radical (unpaired) electrons. The van der Waals surface area contributed by atoms with Gasteiger partial charge in [-0.1, -0.05) is 141 Å². The van der Waals surface area contributed by atoms with Gasteiger partial charge in [0.1, 0.15) is 19.6 Å². The maximum absolute atomic E-state index is 13.6. The molecule has 0 bridgehead atoms. The molecule has 4 aromatic rings. The van der Waals surface area contributed by atoms with Crippen molar-refractivity contribution in [1.29, 1.82) is 10.5 Å². The van der Waals surface area contributed by atoms with Crippen molar-refractivity contribution >= 4 is 63.4 Å². The fraction of sp³-hybridized carbons (Fsp3) is 0.639. The summed E-state index contributed by atoms with van der Waals surface area (Å²) < 4.78 is 23.4. The van der Waals surface area contributed by atoms with E-state index in [1.54, 1.807) is 24.5 Å². The number of β-amino-alcohol motifs (C(OH)–C–C–N with tert-alkyl or cyclic N) is 1. The van der Waals surface area contributed by atoms with E-state index >= 15 is 0 Å². The van der Waals surface area contributed by atoms with Crippen LogP contribution in [0.4, 0.5) is 19.2 Å². The zero-order valence-electron chi connectivity index (χ0n) is 76.6. The van der Waals surface area contributed by atoms with Gasteiger partial charge in [0.25, 0.3) is 0 Å². The second-order valence-electron chi connectivity index (χ2n) is 39.9. The number of hydrogen-bond acceptors (Lipinski definition) is 18. The summed E-state index contributed by atoms with van der Waals surface area (Å²) in [5, 5.41) is 37.6. The standard InChI is InChI=1S/C27H37N5O3.C24H33N5O2.C24H36N4O4S.C22H32N4O3/c1-30(2)27(21-7-4-3-5-8-21)15-13-26(14-16-27)20-31(17-22(33)9-10-23(29)34)24(35)32(26)19-25(18-28)11-6-12-25;1-27(2)24(19-7-4-3-5-8-19)13-11-23(12-14-24)18-28(15-20(26)30)21(31)29(23)17-22(16-25)9-6-10-22;1-3-13-28-22(30)27(18-21(29)26-14-16-33(31,32)17-15-26)19-23(28)9-11-24(25-2,12-10-23)20-7-5-4-6-8-20;1-24-22(17-6-3-2-4-7-17)12-10-20(11-13-22)15-25(14-18(23)27)19(28)26(20)16-21(29)8-5-9-21/h3-5,7-8H,6,9-17,19-20H2,1-2H3,(H2,29,34);3-5,7-8H,6,9-15,17-18H2,1-2H3,(H2,26,30);4-8,25H,3,9-19H2,1-2H3;2-4,6-7,24,29H,5,8-16H2,1H3,(H2,23,27). The van der Waals surface area contributed by atoms with Gasteiger partial charge < -0.3 is 77.0 Å². The Morgan fingerprint density at radius 1 is 0.422 bits per heavy atom. The molecule has 30 nitrogen and oxygen atoms in total. The Kier molecular flexibility index (Phi) is 29.0. The third kappa shape index (κ3) is 19.5. The Bertz CT molecular complexity index is 4810. The lowest BCUT2D eigenvalue weighted by Crippen LogP contribution is -2.59. The van der Waals surface area contributed by atoms with Crippen molar-refractivity contribution in [3.8, 4) is 12.1 Å². The normalized spacial score (nSPS) is 29.5. The summed E-state index contributed by atoms with van der Waals surface area (Å²) in [4.78, 5) is 134. The number of rotatable bonds is 27. The molecule has 12 fully saturated rings. The molecule has 4 spiro atoms. The fourth-order valence-corrected chi connectivity index (χ4v) is 24.7. The minimum absolute atomic E-state index is 0.00414. The minimum Gasteiger partial charge on any atom is -0.388 e. The molecule has 0 unspecified atom stereocenters. The highest BCUT2D eigenvalue weighted by molar-refractivity contribution is 7.91. The van der Waals surface area contributed by atoms with Crippen LogP contribution in [0.15, 0.2) is 121 Å². The molecular formula is C97H138N18O12S. The lowest BCUT2D eigenvalue weighted by atomic mass is 9.66. The van der Waals surface area contributed by atoms with Gasteiger partial charge >= 0.3 is 24.1 Å². The second kappa shape index (κ2) is 38.7. The number of carbonyl (C=O) groups is 9. The molecule has 5 heterocycles. The summed E-state index contributed by atoms with van der Waals surface area (Å²) in [5.74, 6) is -1.81. The van der Waals surface area contributed by atoms with Crippen molar-refractivity contribution in [3.63, 3.8) is 0 Å². The summed E-state index contributed by atoms with van der Waals surface area (Å²) in [6, 6.07) is 46.5. The molecule has 7 saturated carbocycles. The van der Waals surface area contributed by atoms with E-state index < -0.39 is 49.5 Å². The minimum atomic E-state index is -3.05. The van der Waals surface area contributed by atoms with E-state index in [9.17, 15) is 67.2 Å². The van der Waals surface area contributed by atoms with Gasteiger partial charge in [0.05, 0.1) is 75.3 Å². The Morgan fingerprint density at radius 3 is 1.05 bits per heavy atom. The van der Waals surface area contributed by atoms with Crippen LogP contribution in [0.2, 0.25) is 0 Å². The first-order valence-electron chi connectivity index (χ1n) is 46.6. The van der Waals surface area contributed by atoms with Gasteiger partial charge in [-0.2, -0.15) is 10.5 Å². The summed E-state index contributed by atoms with van der Waals surface area (Å²) in [7, 11) is 9.45. The Balaban J connectivity index is 0.000000146. The predicted octanol–water partition coefficient (Wildman–Crippen LogP) is 9.07. The van der Waals surface area contributed by atoms with E-state index in [-0.39, 0.29) is 138 Å². The Hall–Kier alpha value is -9.76. The van der Waals surface area contributed by atoms with Crippen molar-refractivity contribution in [1.82, 2.24) is 64.5 Å². The molecule has 5 aliphatic heterocycles. The van der Waals surface area contributed by atoms with E-state index in [4.69, 9.17) is 17.2 Å². The number of nitrogens with one attached hydrogen (secondary N) is 2. The molecule has 9 N–H and O–H groups in total. The number of primary amides is 3.